The smallest absolute Gasteiger partial charge is 0.259 e. The maximum Gasteiger partial charge on any atom is 0.259 e. The number of carbonyl (C=O) groups is 1. The number of aromatic nitrogens is 2. The van der Waals surface area contributed by atoms with E-state index in [0.29, 0.717) is 17.2 Å². The summed E-state index contributed by atoms with van der Waals surface area (Å²) in [5.74, 6) is 2.09. The lowest BCUT2D eigenvalue weighted by Crippen LogP contribution is -2.39. The minimum absolute atomic E-state index is 0.0408. The third-order valence-electron chi connectivity index (χ3n) is 5.06. The van der Waals surface area contributed by atoms with Crippen molar-refractivity contribution < 1.29 is 9.32 Å². The van der Waals surface area contributed by atoms with Gasteiger partial charge in [0.1, 0.15) is 17.1 Å². The van der Waals surface area contributed by atoms with E-state index in [4.69, 9.17) is 4.52 Å². The average Bonchev–Trinajstić information content (AvgIpc) is 3.03. The molecule has 2 aromatic heterocycles. The SMILES string of the molecule is Cc1onc(C(C)C)c1C(=O)N1CCC[C@H](c2ccnc(N(C)C)c2)C1. The topological polar surface area (TPSA) is 62.5 Å². The van der Waals surface area contributed by atoms with Crippen LogP contribution in [-0.2, 0) is 0 Å². The number of anilines is 1. The molecule has 26 heavy (non-hydrogen) atoms. The summed E-state index contributed by atoms with van der Waals surface area (Å²) in [7, 11) is 3.98. The summed E-state index contributed by atoms with van der Waals surface area (Å²) in [5.41, 5.74) is 2.64. The first-order valence-electron chi connectivity index (χ1n) is 9.27. The minimum atomic E-state index is 0.0408. The molecule has 3 rings (SSSR count). The van der Waals surface area contributed by atoms with Crippen LogP contribution in [0.15, 0.2) is 22.9 Å². The van der Waals surface area contributed by atoms with Crippen molar-refractivity contribution in [1.82, 2.24) is 15.0 Å². The standard InChI is InChI=1S/C20H28N4O2/c1-13(2)19-18(14(3)26-22-19)20(25)24-10-6-7-16(12-24)15-8-9-21-17(11-15)23(4)5/h8-9,11,13,16H,6-7,10,12H2,1-5H3/t16-/m0/s1. The molecule has 2 aromatic rings. The van der Waals surface area contributed by atoms with Gasteiger partial charge >= 0.3 is 0 Å². The third-order valence-corrected chi connectivity index (χ3v) is 5.06. The number of aryl methyl sites for hydroxylation is 1. The summed E-state index contributed by atoms with van der Waals surface area (Å²) in [6.07, 6.45) is 3.93. The van der Waals surface area contributed by atoms with E-state index in [2.05, 4.69) is 22.3 Å². The molecule has 0 bridgehead atoms. The lowest BCUT2D eigenvalue weighted by Gasteiger charge is -2.33. The number of hydrogen-bond acceptors (Lipinski definition) is 5. The Hall–Kier alpha value is -2.37. The van der Waals surface area contributed by atoms with Gasteiger partial charge in [0.2, 0.25) is 0 Å². The Morgan fingerprint density at radius 2 is 2.15 bits per heavy atom. The van der Waals surface area contributed by atoms with Crippen molar-refractivity contribution in [2.45, 2.75) is 45.4 Å². The van der Waals surface area contributed by atoms with E-state index in [0.717, 1.165) is 37.4 Å². The highest BCUT2D eigenvalue weighted by Gasteiger charge is 2.30. The second-order valence-electron chi connectivity index (χ2n) is 7.59. The normalized spacial score (nSPS) is 17.6. The summed E-state index contributed by atoms with van der Waals surface area (Å²) in [6, 6.07) is 4.19. The summed E-state index contributed by atoms with van der Waals surface area (Å²) in [5, 5.41) is 4.10. The number of likely N-dealkylation sites (tertiary alicyclic amines) is 1. The highest BCUT2D eigenvalue weighted by Crippen LogP contribution is 2.30. The zero-order valence-electron chi connectivity index (χ0n) is 16.3. The fourth-order valence-electron chi connectivity index (χ4n) is 3.57. The zero-order chi connectivity index (χ0) is 18.8. The minimum Gasteiger partial charge on any atom is -0.363 e. The van der Waals surface area contributed by atoms with Gasteiger partial charge in [-0.15, -0.1) is 0 Å². The maximum absolute atomic E-state index is 13.2. The van der Waals surface area contributed by atoms with E-state index in [-0.39, 0.29) is 11.8 Å². The van der Waals surface area contributed by atoms with Gasteiger partial charge in [-0.25, -0.2) is 4.98 Å². The first kappa shape index (κ1) is 18.4. The van der Waals surface area contributed by atoms with Crippen molar-refractivity contribution in [1.29, 1.82) is 0 Å². The van der Waals surface area contributed by atoms with Crippen molar-refractivity contribution in [3.05, 3.63) is 40.9 Å². The summed E-state index contributed by atoms with van der Waals surface area (Å²) < 4.78 is 5.31. The van der Waals surface area contributed by atoms with Crippen molar-refractivity contribution in [3.63, 3.8) is 0 Å². The van der Waals surface area contributed by atoms with Crippen LogP contribution in [0, 0.1) is 6.92 Å². The molecular weight excluding hydrogens is 328 g/mol. The lowest BCUT2D eigenvalue weighted by atomic mass is 9.90. The molecule has 0 spiro atoms. The quantitative estimate of drug-likeness (QED) is 0.838. The molecule has 0 aromatic carbocycles. The zero-order valence-corrected chi connectivity index (χ0v) is 16.3. The fraction of sp³-hybridized carbons (Fsp3) is 0.550. The van der Waals surface area contributed by atoms with Gasteiger partial charge < -0.3 is 14.3 Å². The molecule has 6 nitrogen and oxygen atoms in total. The van der Waals surface area contributed by atoms with Crippen LogP contribution in [0.3, 0.4) is 0 Å². The molecule has 1 atom stereocenters. The predicted octanol–water partition coefficient (Wildman–Crippen LogP) is 3.59. The van der Waals surface area contributed by atoms with Crippen LogP contribution in [0.25, 0.3) is 0 Å². The molecule has 140 valence electrons. The van der Waals surface area contributed by atoms with Crippen molar-refractivity contribution >= 4 is 11.7 Å². The van der Waals surface area contributed by atoms with E-state index in [9.17, 15) is 4.79 Å². The van der Waals surface area contributed by atoms with Crippen LogP contribution < -0.4 is 4.90 Å². The maximum atomic E-state index is 13.2. The summed E-state index contributed by atoms with van der Waals surface area (Å²) in [6.45, 7) is 7.39. The number of carbonyl (C=O) groups excluding carboxylic acids is 1. The molecule has 3 heterocycles. The number of amides is 1. The predicted molar refractivity (Wildman–Crippen MR) is 102 cm³/mol. The third kappa shape index (κ3) is 3.59. The Balaban J connectivity index is 1.82. The highest BCUT2D eigenvalue weighted by atomic mass is 16.5. The van der Waals surface area contributed by atoms with Crippen LogP contribution in [0.5, 0.6) is 0 Å². The van der Waals surface area contributed by atoms with Gasteiger partial charge in [-0.2, -0.15) is 0 Å². The van der Waals surface area contributed by atoms with E-state index in [1.807, 2.05) is 50.9 Å². The van der Waals surface area contributed by atoms with E-state index in [1.165, 1.54) is 5.56 Å². The second-order valence-corrected chi connectivity index (χ2v) is 7.59. The number of pyridine rings is 1. The van der Waals surface area contributed by atoms with Gasteiger partial charge in [-0.1, -0.05) is 19.0 Å². The van der Waals surface area contributed by atoms with Gasteiger partial charge in [-0.05, 0) is 43.4 Å². The molecule has 1 saturated heterocycles. The number of hydrogen-bond donors (Lipinski definition) is 0. The van der Waals surface area contributed by atoms with Crippen molar-refractivity contribution in [3.8, 4) is 0 Å². The number of nitrogens with zero attached hydrogens (tertiary/aromatic N) is 4. The first-order valence-corrected chi connectivity index (χ1v) is 9.27. The van der Waals surface area contributed by atoms with Crippen LogP contribution in [-0.4, -0.2) is 48.1 Å². The Labute approximate surface area is 155 Å². The molecule has 1 aliphatic rings. The fourth-order valence-corrected chi connectivity index (χ4v) is 3.57. The van der Waals surface area contributed by atoms with Crippen molar-refractivity contribution in [2.75, 3.05) is 32.1 Å². The van der Waals surface area contributed by atoms with Gasteiger partial charge in [-0.3, -0.25) is 4.79 Å². The van der Waals surface area contributed by atoms with Crippen LogP contribution in [0.2, 0.25) is 0 Å². The van der Waals surface area contributed by atoms with Gasteiger partial charge in [0, 0.05) is 39.3 Å². The molecule has 0 saturated carbocycles. The van der Waals surface area contributed by atoms with E-state index < -0.39 is 0 Å². The largest absolute Gasteiger partial charge is 0.363 e. The molecule has 0 radical (unpaired) electrons. The molecular formula is C20H28N4O2. The van der Waals surface area contributed by atoms with Gasteiger partial charge in [0.25, 0.3) is 5.91 Å². The molecule has 0 unspecified atom stereocenters. The number of rotatable bonds is 4. The van der Waals surface area contributed by atoms with Gasteiger partial charge in [0.15, 0.2) is 0 Å². The second kappa shape index (κ2) is 7.48. The van der Waals surface area contributed by atoms with E-state index in [1.54, 1.807) is 0 Å². The van der Waals surface area contributed by atoms with Crippen LogP contribution in [0.1, 0.15) is 65.9 Å². The summed E-state index contributed by atoms with van der Waals surface area (Å²) >= 11 is 0. The Kier molecular flexibility index (Phi) is 5.30. The molecule has 1 fully saturated rings. The highest BCUT2D eigenvalue weighted by molar-refractivity contribution is 5.96. The Morgan fingerprint density at radius 1 is 1.38 bits per heavy atom. The molecule has 6 heteroatoms. The summed E-state index contributed by atoms with van der Waals surface area (Å²) in [4.78, 5) is 21.5. The first-order chi connectivity index (χ1) is 12.4. The lowest BCUT2D eigenvalue weighted by molar-refractivity contribution is 0.0704. The van der Waals surface area contributed by atoms with Crippen molar-refractivity contribution in [2.24, 2.45) is 0 Å². The Bertz CT molecular complexity index is 782. The van der Waals surface area contributed by atoms with Crippen LogP contribution >= 0.6 is 0 Å². The molecule has 1 aliphatic heterocycles. The molecule has 0 N–H and O–H groups in total. The monoisotopic (exact) mass is 356 g/mol. The van der Waals surface area contributed by atoms with Crippen LogP contribution in [0.4, 0.5) is 5.82 Å². The number of piperidine rings is 1. The average molecular weight is 356 g/mol. The molecule has 1 amide bonds. The van der Waals surface area contributed by atoms with Gasteiger partial charge in [0.05, 0.1) is 5.69 Å². The Morgan fingerprint density at radius 3 is 2.85 bits per heavy atom. The molecule has 0 aliphatic carbocycles. The van der Waals surface area contributed by atoms with E-state index >= 15 is 0 Å².